The highest BCUT2D eigenvalue weighted by molar-refractivity contribution is 7.11. The van der Waals surface area contributed by atoms with E-state index in [-0.39, 0.29) is 30.8 Å². The average Bonchev–Trinajstić information content (AvgIpc) is 3.54. The first-order chi connectivity index (χ1) is 17.2. The van der Waals surface area contributed by atoms with Crippen LogP contribution in [0.5, 0.6) is 0 Å². The van der Waals surface area contributed by atoms with Crippen LogP contribution in [0.1, 0.15) is 88.1 Å². The number of carboxylic acids is 1. The smallest absolute Gasteiger partial charge is 0.410 e. The van der Waals surface area contributed by atoms with Gasteiger partial charge in [-0.1, -0.05) is 25.0 Å². The van der Waals surface area contributed by atoms with E-state index in [0.717, 1.165) is 65.0 Å². The van der Waals surface area contributed by atoms with Crippen LogP contribution in [0.4, 0.5) is 4.79 Å². The number of aliphatic carboxylic acids is 1. The first kappa shape index (κ1) is 28.0. The molecule has 0 radical (unpaired) electrons. The zero-order chi connectivity index (χ0) is 26.2. The van der Waals surface area contributed by atoms with E-state index in [2.05, 4.69) is 12.3 Å². The standard InChI is InChI=1S/C29H41NO5S/c1-6-19(2)26(35-24-13-9-10-22(16-24)28(31)32)15-14-20(3)27-25(21(4)18-36-27)17-34-29(33)30(5)23-11-7-8-12-23/h6,14-15,18,22-24H,7-13,16-17H2,1-5H3,(H,31,32)/b19-6+,20-14+,26-15+/t22-,24?/m0/s1. The Morgan fingerprint density at radius 1 is 1.14 bits per heavy atom. The molecule has 0 spiro atoms. The lowest BCUT2D eigenvalue weighted by Gasteiger charge is -2.28. The summed E-state index contributed by atoms with van der Waals surface area (Å²) in [5.41, 5.74) is 4.24. The number of amides is 1. The van der Waals surface area contributed by atoms with Gasteiger partial charge in [-0.3, -0.25) is 4.79 Å². The summed E-state index contributed by atoms with van der Waals surface area (Å²) in [5.74, 6) is -0.296. The van der Waals surface area contributed by atoms with Crippen LogP contribution in [0.25, 0.3) is 5.57 Å². The average molecular weight is 516 g/mol. The highest BCUT2D eigenvalue weighted by Gasteiger charge is 2.29. The summed E-state index contributed by atoms with van der Waals surface area (Å²) in [4.78, 5) is 26.9. The summed E-state index contributed by atoms with van der Waals surface area (Å²) in [5, 5.41) is 11.5. The van der Waals surface area contributed by atoms with E-state index in [9.17, 15) is 14.7 Å². The Labute approximate surface area is 219 Å². The van der Waals surface area contributed by atoms with Gasteiger partial charge < -0.3 is 19.5 Å². The number of carbonyl (C=O) groups is 2. The second kappa shape index (κ2) is 13.1. The van der Waals surface area contributed by atoms with Crippen LogP contribution < -0.4 is 0 Å². The molecule has 1 aromatic heterocycles. The van der Waals surface area contributed by atoms with Gasteiger partial charge in [0.2, 0.25) is 0 Å². The Morgan fingerprint density at radius 3 is 2.53 bits per heavy atom. The topological polar surface area (TPSA) is 76.1 Å². The van der Waals surface area contributed by atoms with Gasteiger partial charge in [-0.25, -0.2) is 4.79 Å². The zero-order valence-electron chi connectivity index (χ0n) is 22.3. The molecule has 198 valence electrons. The number of nitrogens with zero attached hydrogens (tertiary/aromatic N) is 1. The van der Waals surface area contributed by atoms with Gasteiger partial charge in [-0.15, -0.1) is 11.3 Å². The Balaban J connectivity index is 1.71. The van der Waals surface area contributed by atoms with Crippen LogP contribution in [0.15, 0.2) is 34.9 Å². The third kappa shape index (κ3) is 7.25. The number of rotatable bonds is 9. The van der Waals surface area contributed by atoms with Gasteiger partial charge in [0.25, 0.3) is 0 Å². The molecule has 1 unspecified atom stereocenters. The van der Waals surface area contributed by atoms with E-state index >= 15 is 0 Å². The maximum atomic E-state index is 12.6. The number of ether oxygens (including phenoxy) is 2. The summed E-state index contributed by atoms with van der Waals surface area (Å²) in [6.45, 7) is 8.34. The van der Waals surface area contributed by atoms with Crippen molar-refractivity contribution in [1.82, 2.24) is 4.90 Å². The number of thiophene rings is 1. The largest absolute Gasteiger partial charge is 0.490 e. The van der Waals surface area contributed by atoms with Crippen molar-refractivity contribution in [3.8, 4) is 0 Å². The predicted octanol–water partition coefficient (Wildman–Crippen LogP) is 7.48. The fraction of sp³-hybridized carbons (Fsp3) is 0.586. The molecule has 1 aromatic rings. The van der Waals surface area contributed by atoms with Gasteiger partial charge in [0.05, 0.1) is 12.0 Å². The maximum Gasteiger partial charge on any atom is 0.410 e. The molecule has 1 amide bonds. The third-order valence-corrected chi connectivity index (χ3v) is 8.81. The molecular formula is C29H41NO5S. The van der Waals surface area contributed by atoms with Crippen LogP contribution >= 0.6 is 11.3 Å². The monoisotopic (exact) mass is 515 g/mol. The van der Waals surface area contributed by atoms with Gasteiger partial charge in [0, 0.05) is 23.5 Å². The molecule has 2 aliphatic carbocycles. The Bertz CT molecular complexity index is 1010. The number of allylic oxidation sites excluding steroid dienone is 5. The number of carboxylic acid groups (broad SMARTS) is 1. The van der Waals surface area contributed by atoms with Crippen LogP contribution in [0.2, 0.25) is 0 Å². The minimum absolute atomic E-state index is 0.0921. The second-order valence-corrected chi connectivity index (χ2v) is 11.0. The minimum atomic E-state index is -0.733. The predicted molar refractivity (Wildman–Crippen MR) is 145 cm³/mol. The van der Waals surface area contributed by atoms with Gasteiger partial charge in [-0.2, -0.15) is 0 Å². The summed E-state index contributed by atoms with van der Waals surface area (Å²) in [7, 11) is 1.84. The van der Waals surface area contributed by atoms with Gasteiger partial charge in [-0.05, 0) is 94.4 Å². The van der Waals surface area contributed by atoms with Gasteiger partial charge in [0.1, 0.15) is 12.4 Å². The Morgan fingerprint density at radius 2 is 1.86 bits per heavy atom. The van der Waals surface area contributed by atoms with Crippen molar-refractivity contribution in [2.45, 2.75) is 97.8 Å². The number of aryl methyl sites for hydroxylation is 1. The van der Waals surface area contributed by atoms with E-state index < -0.39 is 5.97 Å². The van der Waals surface area contributed by atoms with Crippen LogP contribution in [-0.2, 0) is 20.9 Å². The first-order valence-electron chi connectivity index (χ1n) is 13.1. The van der Waals surface area contributed by atoms with E-state index in [0.29, 0.717) is 6.42 Å². The van der Waals surface area contributed by atoms with Crippen LogP contribution in [-0.4, -0.2) is 41.3 Å². The molecule has 0 bridgehead atoms. The van der Waals surface area contributed by atoms with Gasteiger partial charge in [0.15, 0.2) is 0 Å². The van der Waals surface area contributed by atoms with Crippen molar-refractivity contribution in [1.29, 1.82) is 0 Å². The Hall–Kier alpha value is -2.54. The quantitative estimate of drug-likeness (QED) is 0.272. The summed E-state index contributed by atoms with van der Waals surface area (Å²) < 4.78 is 12.0. The van der Waals surface area contributed by atoms with Crippen molar-refractivity contribution < 1.29 is 24.2 Å². The molecule has 2 atom stereocenters. The van der Waals surface area contributed by atoms with Crippen molar-refractivity contribution in [2.75, 3.05) is 7.05 Å². The first-order valence-corrected chi connectivity index (χ1v) is 14.0. The van der Waals surface area contributed by atoms with E-state index in [4.69, 9.17) is 9.47 Å². The van der Waals surface area contributed by atoms with Crippen molar-refractivity contribution >= 4 is 29.0 Å². The molecule has 36 heavy (non-hydrogen) atoms. The van der Waals surface area contributed by atoms with E-state index in [1.165, 1.54) is 12.8 Å². The molecule has 2 saturated carbocycles. The number of carbonyl (C=O) groups excluding carboxylic acids is 1. The molecule has 3 rings (SSSR count). The molecule has 0 aromatic carbocycles. The minimum Gasteiger partial charge on any atom is -0.490 e. The highest BCUT2D eigenvalue weighted by atomic mass is 32.1. The fourth-order valence-corrected chi connectivity index (χ4v) is 6.05. The normalized spacial score (nSPS) is 22.0. The summed E-state index contributed by atoms with van der Waals surface area (Å²) >= 11 is 1.65. The SMILES string of the molecule is C/C=C(C)/C(=C\C=C(/C)c1scc(C)c1COC(=O)N(C)C1CCCC1)OC1CCC[C@H](C(=O)O)C1. The third-order valence-electron chi connectivity index (χ3n) is 7.54. The van der Waals surface area contributed by atoms with Gasteiger partial charge >= 0.3 is 12.1 Å². The molecule has 2 aliphatic rings. The lowest BCUT2D eigenvalue weighted by atomic mass is 9.87. The van der Waals surface area contributed by atoms with E-state index in [1.54, 1.807) is 16.2 Å². The van der Waals surface area contributed by atoms with Crippen molar-refractivity contribution in [3.63, 3.8) is 0 Å². The fourth-order valence-electron chi connectivity index (χ4n) is 4.99. The summed E-state index contributed by atoms with van der Waals surface area (Å²) in [6, 6.07) is 0.288. The molecule has 1 heterocycles. The Kier molecular flexibility index (Phi) is 10.2. The molecule has 2 fully saturated rings. The number of hydrogen-bond acceptors (Lipinski definition) is 5. The van der Waals surface area contributed by atoms with Crippen molar-refractivity contribution in [2.24, 2.45) is 5.92 Å². The molecule has 7 heteroatoms. The zero-order valence-corrected chi connectivity index (χ0v) is 23.2. The van der Waals surface area contributed by atoms with Crippen LogP contribution in [0.3, 0.4) is 0 Å². The summed E-state index contributed by atoms with van der Waals surface area (Å²) in [6.07, 6.45) is 13.1. The molecule has 6 nitrogen and oxygen atoms in total. The van der Waals surface area contributed by atoms with Crippen LogP contribution in [0, 0.1) is 12.8 Å². The molecule has 0 saturated heterocycles. The highest BCUT2D eigenvalue weighted by Crippen LogP contribution is 2.32. The maximum absolute atomic E-state index is 12.6. The van der Waals surface area contributed by atoms with E-state index in [1.807, 2.05) is 46.0 Å². The number of hydrogen-bond donors (Lipinski definition) is 1. The lowest BCUT2D eigenvalue weighted by molar-refractivity contribution is -0.144. The van der Waals surface area contributed by atoms with Crippen molar-refractivity contribution in [3.05, 3.63) is 50.9 Å². The lowest BCUT2D eigenvalue weighted by Crippen LogP contribution is -2.35. The molecule has 1 N–H and O–H groups in total. The molecule has 0 aliphatic heterocycles. The second-order valence-electron chi connectivity index (χ2n) is 10.1. The molecular weight excluding hydrogens is 474 g/mol.